The van der Waals surface area contributed by atoms with E-state index in [1.54, 1.807) is 29.9 Å². The Labute approximate surface area is 80.4 Å². The van der Waals surface area contributed by atoms with Crippen LogP contribution in [0.5, 0.6) is 0 Å². The summed E-state index contributed by atoms with van der Waals surface area (Å²) in [6.45, 7) is 2.00. The molecule has 2 aromatic rings. The summed E-state index contributed by atoms with van der Waals surface area (Å²) in [6.07, 6.45) is 2.60. The second-order valence-corrected chi connectivity index (χ2v) is 3.87. The maximum Gasteiger partial charge on any atom is 0.117 e. The summed E-state index contributed by atoms with van der Waals surface area (Å²) in [5.74, 6) is 0. The van der Waals surface area contributed by atoms with Crippen molar-refractivity contribution in [1.29, 1.82) is 0 Å². The second kappa shape index (κ2) is 3.36. The van der Waals surface area contributed by atoms with Gasteiger partial charge in [0.15, 0.2) is 0 Å². The van der Waals surface area contributed by atoms with Crippen molar-refractivity contribution in [2.75, 3.05) is 0 Å². The van der Waals surface area contributed by atoms with Gasteiger partial charge in [-0.2, -0.15) is 0 Å². The topological polar surface area (TPSA) is 33.4 Å². The summed E-state index contributed by atoms with van der Waals surface area (Å²) >= 11 is 1.56. The van der Waals surface area contributed by atoms with E-state index in [9.17, 15) is 5.11 Å². The van der Waals surface area contributed by atoms with Crippen LogP contribution in [0.1, 0.15) is 22.1 Å². The van der Waals surface area contributed by atoms with Crippen LogP contribution in [0.25, 0.3) is 0 Å². The first-order valence-corrected chi connectivity index (χ1v) is 4.91. The summed E-state index contributed by atoms with van der Waals surface area (Å²) in [5, 5.41) is 11.9. The predicted molar refractivity (Wildman–Crippen MR) is 51.8 cm³/mol. The first kappa shape index (κ1) is 8.53. The second-order valence-electron chi connectivity index (χ2n) is 2.93. The molecule has 0 spiro atoms. The molecular formula is C10H10O2S. The zero-order chi connectivity index (χ0) is 9.26. The zero-order valence-electron chi connectivity index (χ0n) is 7.23. The van der Waals surface area contributed by atoms with Gasteiger partial charge in [0, 0.05) is 10.4 Å². The van der Waals surface area contributed by atoms with Crippen molar-refractivity contribution in [3.05, 3.63) is 46.0 Å². The van der Waals surface area contributed by atoms with Gasteiger partial charge in [0.25, 0.3) is 0 Å². The molecule has 1 atom stereocenters. The average Bonchev–Trinajstić information content (AvgIpc) is 2.72. The molecule has 0 aliphatic heterocycles. The Balaban J connectivity index is 2.33. The molecule has 0 bridgehead atoms. The number of aliphatic hydroxyl groups is 1. The Morgan fingerprint density at radius 3 is 2.85 bits per heavy atom. The Hall–Kier alpha value is -1.06. The van der Waals surface area contributed by atoms with Gasteiger partial charge in [0.1, 0.15) is 6.10 Å². The van der Waals surface area contributed by atoms with Crippen molar-refractivity contribution in [3.8, 4) is 0 Å². The summed E-state index contributed by atoms with van der Waals surface area (Å²) in [5.41, 5.74) is 1.93. The molecule has 13 heavy (non-hydrogen) atoms. The molecule has 0 aromatic carbocycles. The van der Waals surface area contributed by atoms with Crippen LogP contribution in [0, 0.1) is 6.92 Å². The molecule has 1 N–H and O–H groups in total. The van der Waals surface area contributed by atoms with E-state index in [4.69, 9.17) is 4.42 Å². The van der Waals surface area contributed by atoms with Gasteiger partial charge in [-0.3, -0.25) is 0 Å². The van der Waals surface area contributed by atoms with Crippen molar-refractivity contribution < 1.29 is 9.52 Å². The average molecular weight is 194 g/mol. The van der Waals surface area contributed by atoms with Gasteiger partial charge < -0.3 is 9.52 Å². The predicted octanol–water partition coefficient (Wildman–Crippen LogP) is 2.73. The van der Waals surface area contributed by atoms with Crippen LogP contribution in [0.2, 0.25) is 0 Å². The van der Waals surface area contributed by atoms with Crippen molar-refractivity contribution in [2.24, 2.45) is 0 Å². The largest absolute Gasteiger partial charge is 0.472 e. The van der Waals surface area contributed by atoms with Gasteiger partial charge >= 0.3 is 0 Å². The van der Waals surface area contributed by atoms with E-state index < -0.39 is 6.10 Å². The molecule has 0 aliphatic rings. The van der Waals surface area contributed by atoms with Gasteiger partial charge in [-0.05, 0) is 30.0 Å². The molecule has 3 heteroatoms. The van der Waals surface area contributed by atoms with Crippen molar-refractivity contribution >= 4 is 11.3 Å². The van der Waals surface area contributed by atoms with Crippen LogP contribution in [0.3, 0.4) is 0 Å². The smallest absolute Gasteiger partial charge is 0.117 e. The molecule has 2 rings (SSSR count). The highest BCUT2D eigenvalue weighted by Gasteiger charge is 2.14. The lowest BCUT2D eigenvalue weighted by atomic mass is 10.1. The van der Waals surface area contributed by atoms with E-state index in [2.05, 4.69) is 0 Å². The Morgan fingerprint density at radius 2 is 2.31 bits per heavy atom. The van der Waals surface area contributed by atoms with Gasteiger partial charge in [0.2, 0.25) is 0 Å². The van der Waals surface area contributed by atoms with E-state index in [-0.39, 0.29) is 0 Å². The fourth-order valence-electron chi connectivity index (χ4n) is 1.25. The lowest BCUT2D eigenvalue weighted by molar-refractivity contribution is 0.222. The minimum Gasteiger partial charge on any atom is -0.472 e. The molecule has 0 saturated carbocycles. The Bertz CT molecular complexity index is 375. The van der Waals surface area contributed by atoms with E-state index in [1.807, 2.05) is 18.4 Å². The molecule has 68 valence electrons. The quantitative estimate of drug-likeness (QED) is 0.797. The normalized spacial score (nSPS) is 13.1. The third-order valence-corrected chi connectivity index (χ3v) is 3.08. The number of hydrogen-bond donors (Lipinski definition) is 1. The molecule has 0 radical (unpaired) electrons. The number of aryl methyl sites for hydroxylation is 1. The summed E-state index contributed by atoms with van der Waals surface area (Å²) < 4.78 is 4.92. The lowest BCUT2D eigenvalue weighted by Crippen LogP contribution is -1.96. The summed E-state index contributed by atoms with van der Waals surface area (Å²) in [7, 11) is 0. The maximum absolute atomic E-state index is 9.90. The van der Waals surface area contributed by atoms with Gasteiger partial charge in [0.05, 0.1) is 12.5 Å². The molecule has 2 nitrogen and oxygen atoms in total. The van der Waals surface area contributed by atoms with Gasteiger partial charge in [-0.25, -0.2) is 0 Å². The highest BCUT2D eigenvalue weighted by molar-refractivity contribution is 7.10. The zero-order valence-corrected chi connectivity index (χ0v) is 8.04. The van der Waals surface area contributed by atoms with Crippen LogP contribution in [0.4, 0.5) is 0 Å². The fraction of sp³-hybridized carbons (Fsp3) is 0.200. The van der Waals surface area contributed by atoms with Crippen molar-refractivity contribution in [3.63, 3.8) is 0 Å². The molecule has 2 heterocycles. The SMILES string of the molecule is Cc1ccsc1[C@H](O)c1ccoc1. The number of thiophene rings is 1. The Kier molecular flexibility index (Phi) is 2.20. The molecule has 0 fully saturated rings. The first-order valence-electron chi connectivity index (χ1n) is 4.03. The Morgan fingerprint density at radius 1 is 1.46 bits per heavy atom. The number of furan rings is 1. The summed E-state index contributed by atoms with van der Waals surface area (Å²) in [6, 6.07) is 3.78. The van der Waals surface area contributed by atoms with Gasteiger partial charge in [-0.1, -0.05) is 0 Å². The molecular weight excluding hydrogens is 184 g/mol. The number of aliphatic hydroxyl groups excluding tert-OH is 1. The number of rotatable bonds is 2. The minimum atomic E-state index is -0.543. The monoisotopic (exact) mass is 194 g/mol. The van der Waals surface area contributed by atoms with Crippen LogP contribution < -0.4 is 0 Å². The van der Waals surface area contributed by atoms with Crippen LogP contribution in [-0.2, 0) is 0 Å². The standard InChI is InChI=1S/C10H10O2S/c1-7-3-5-13-10(7)9(11)8-2-4-12-6-8/h2-6,9,11H,1H3/t9-/m1/s1. The highest BCUT2D eigenvalue weighted by Crippen LogP contribution is 2.29. The minimum absolute atomic E-state index is 0.543. The van der Waals surface area contributed by atoms with E-state index in [1.165, 1.54) is 0 Å². The molecule has 2 aromatic heterocycles. The van der Waals surface area contributed by atoms with E-state index in [0.29, 0.717) is 0 Å². The van der Waals surface area contributed by atoms with Crippen molar-refractivity contribution in [2.45, 2.75) is 13.0 Å². The number of hydrogen-bond acceptors (Lipinski definition) is 3. The van der Waals surface area contributed by atoms with E-state index >= 15 is 0 Å². The van der Waals surface area contributed by atoms with Crippen molar-refractivity contribution in [1.82, 2.24) is 0 Å². The van der Waals surface area contributed by atoms with Gasteiger partial charge in [-0.15, -0.1) is 11.3 Å². The molecule has 0 amide bonds. The van der Waals surface area contributed by atoms with E-state index in [0.717, 1.165) is 16.0 Å². The first-order chi connectivity index (χ1) is 6.29. The highest BCUT2D eigenvalue weighted by atomic mass is 32.1. The van der Waals surface area contributed by atoms with Crippen LogP contribution in [0.15, 0.2) is 34.5 Å². The van der Waals surface area contributed by atoms with Crippen LogP contribution in [-0.4, -0.2) is 5.11 Å². The third-order valence-electron chi connectivity index (χ3n) is 2.01. The maximum atomic E-state index is 9.90. The van der Waals surface area contributed by atoms with Crippen LogP contribution >= 0.6 is 11.3 Å². The molecule has 0 saturated heterocycles. The molecule has 0 unspecified atom stereocenters. The fourth-order valence-corrected chi connectivity index (χ4v) is 2.18. The lowest BCUT2D eigenvalue weighted by Gasteiger charge is -2.06. The molecule has 0 aliphatic carbocycles. The summed E-state index contributed by atoms with van der Waals surface area (Å²) in [4.78, 5) is 0.987. The third kappa shape index (κ3) is 1.53.